The lowest BCUT2D eigenvalue weighted by Gasteiger charge is -2.33. The number of H-pyrrole nitrogens is 1. The molecule has 2 aromatic heterocycles. The van der Waals surface area contributed by atoms with E-state index >= 15 is 0 Å². The molecule has 3 atom stereocenters. The first-order chi connectivity index (χ1) is 17.4. The van der Waals surface area contributed by atoms with E-state index in [1.165, 1.54) is 12.1 Å². The van der Waals surface area contributed by atoms with Gasteiger partial charge in [0.25, 0.3) is 0 Å². The zero-order chi connectivity index (χ0) is 25.0. The summed E-state index contributed by atoms with van der Waals surface area (Å²) >= 11 is 12.5. The third-order valence-corrected chi connectivity index (χ3v) is 7.83. The minimum Gasteiger partial charge on any atom is -0.398 e. The molecular formula is C25H25Cl2FN6O2. The highest BCUT2D eigenvalue weighted by Gasteiger charge is 2.42. The molecule has 11 heteroatoms. The van der Waals surface area contributed by atoms with Crippen molar-refractivity contribution in [2.45, 2.75) is 56.8 Å². The van der Waals surface area contributed by atoms with Crippen LogP contribution in [-0.4, -0.2) is 43.2 Å². The van der Waals surface area contributed by atoms with E-state index in [0.717, 1.165) is 32.1 Å². The van der Waals surface area contributed by atoms with Gasteiger partial charge in [0.15, 0.2) is 5.82 Å². The van der Waals surface area contributed by atoms with E-state index in [1.807, 2.05) is 4.90 Å². The molecule has 188 valence electrons. The van der Waals surface area contributed by atoms with Gasteiger partial charge in [-0.15, -0.1) is 0 Å². The summed E-state index contributed by atoms with van der Waals surface area (Å²) in [4.78, 5) is 22.9. The van der Waals surface area contributed by atoms with Gasteiger partial charge in [-0.25, -0.2) is 14.1 Å². The van der Waals surface area contributed by atoms with Crippen LogP contribution in [0.15, 0.2) is 30.6 Å². The molecule has 0 spiro atoms. The Morgan fingerprint density at radius 1 is 1.17 bits per heavy atom. The molecule has 2 saturated heterocycles. The quantitative estimate of drug-likeness (QED) is 0.432. The van der Waals surface area contributed by atoms with Crippen LogP contribution >= 0.6 is 23.2 Å². The van der Waals surface area contributed by atoms with E-state index in [2.05, 4.69) is 15.1 Å². The van der Waals surface area contributed by atoms with Crippen molar-refractivity contribution in [1.82, 2.24) is 24.6 Å². The van der Waals surface area contributed by atoms with Crippen molar-refractivity contribution in [1.29, 1.82) is 0 Å². The molecule has 3 aliphatic rings. The molecule has 0 bridgehead atoms. The summed E-state index contributed by atoms with van der Waals surface area (Å²) < 4.78 is 22.3. The number of nitrogen functional groups attached to an aromatic ring is 1. The number of carbonyl (C=O) groups is 1. The van der Waals surface area contributed by atoms with Crippen LogP contribution in [0.3, 0.4) is 0 Å². The maximum Gasteiger partial charge on any atom is 0.247 e. The summed E-state index contributed by atoms with van der Waals surface area (Å²) in [7, 11) is 0. The first-order valence-corrected chi connectivity index (χ1v) is 12.8. The molecule has 2 unspecified atom stereocenters. The number of hydrogen-bond acceptors (Lipinski definition) is 5. The van der Waals surface area contributed by atoms with Gasteiger partial charge in [0.2, 0.25) is 5.91 Å². The monoisotopic (exact) mass is 530 g/mol. The fourth-order valence-electron chi connectivity index (χ4n) is 5.55. The van der Waals surface area contributed by atoms with Crippen molar-refractivity contribution in [3.8, 4) is 11.4 Å². The minimum atomic E-state index is -0.593. The van der Waals surface area contributed by atoms with E-state index in [4.69, 9.17) is 33.7 Å². The molecular weight excluding hydrogens is 506 g/mol. The highest BCUT2D eigenvalue weighted by atomic mass is 35.5. The number of fused-ring (bicyclic) bond motifs is 1. The van der Waals surface area contributed by atoms with Crippen molar-refractivity contribution >= 4 is 40.4 Å². The highest BCUT2D eigenvalue weighted by molar-refractivity contribution is 6.33. The van der Waals surface area contributed by atoms with Crippen molar-refractivity contribution in [3.63, 3.8) is 0 Å². The molecule has 36 heavy (non-hydrogen) atoms. The van der Waals surface area contributed by atoms with E-state index in [1.54, 1.807) is 23.1 Å². The van der Waals surface area contributed by atoms with Gasteiger partial charge in [-0.3, -0.25) is 4.79 Å². The third-order valence-electron chi connectivity index (χ3n) is 7.26. The number of nitrogens with two attached hydrogens (primary N) is 1. The van der Waals surface area contributed by atoms with Crippen LogP contribution in [0.2, 0.25) is 10.0 Å². The van der Waals surface area contributed by atoms with Crippen LogP contribution in [0.25, 0.3) is 17.0 Å². The fraction of sp³-hybridized carbons (Fsp3) is 0.400. The molecule has 1 aromatic carbocycles. The Bertz CT molecular complexity index is 1360. The number of benzene rings is 1. The average Bonchev–Trinajstić information content (AvgIpc) is 3.60. The summed E-state index contributed by atoms with van der Waals surface area (Å²) in [5.74, 6) is -0.118. The van der Waals surface area contributed by atoms with Gasteiger partial charge in [-0.1, -0.05) is 23.2 Å². The molecule has 3 N–H and O–H groups in total. The largest absolute Gasteiger partial charge is 0.398 e. The molecule has 2 fully saturated rings. The predicted molar refractivity (Wildman–Crippen MR) is 135 cm³/mol. The number of halogens is 3. The number of carbonyl (C=O) groups excluding carboxylic acids is 1. The van der Waals surface area contributed by atoms with Gasteiger partial charge in [0, 0.05) is 36.2 Å². The molecule has 0 saturated carbocycles. The zero-order valence-corrected chi connectivity index (χ0v) is 20.9. The zero-order valence-electron chi connectivity index (χ0n) is 19.4. The summed E-state index contributed by atoms with van der Waals surface area (Å²) in [6.07, 6.45) is 9.85. The number of rotatable bonds is 4. The first-order valence-electron chi connectivity index (χ1n) is 12.1. The fourth-order valence-corrected chi connectivity index (χ4v) is 5.94. The second-order valence-corrected chi connectivity index (χ2v) is 10.3. The number of anilines is 1. The SMILES string of the molecule is Nc1ccc(Cl)c(F)c1C1=CC(=O)N2C(c3ncc(-c4nn(C5CCCCO5)cc4Cl)[nH]3)CC[C@@H]2C1. The number of aromatic amines is 1. The number of ether oxygens (including phenoxy) is 1. The lowest BCUT2D eigenvalue weighted by Crippen LogP contribution is -2.39. The minimum absolute atomic E-state index is 0.0152. The molecule has 3 aliphatic heterocycles. The Morgan fingerprint density at radius 2 is 2.03 bits per heavy atom. The molecule has 5 heterocycles. The van der Waals surface area contributed by atoms with Gasteiger partial charge in [0.1, 0.15) is 17.7 Å². The number of aromatic nitrogens is 4. The molecule has 0 aliphatic carbocycles. The highest BCUT2D eigenvalue weighted by Crippen LogP contribution is 2.44. The van der Waals surface area contributed by atoms with Crippen LogP contribution in [0.1, 0.15) is 62.2 Å². The summed E-state index contributed by atoms with van der Waals surface area (Å²) in [5, 5.41) is 5.14. The number of hydrogen-bond donors (Lipinski definition) is 2. The molecule has 8 nitrogen and oxygen atoms in total. The lowest BCUT2D eigenvalue weighted by atomic mass is 9.92. The normalized spacial score (nSPS) is 24.2. The molecule has 1 amide bonds. The maximum atomic E-state index is 14.8. The predicted octanol–water partition coefficient (Wildman–Crippen LogP) is 5.52. The van der Waals surface area contributed by atoms with E-state index in [-0.39, 0.29) is 40.5 Å². The number of imidazole rings is 1. The van der Waals surface area contributed by atoms with Crippen LogP contribution in [-0.2, 0) is 9.53 Å². The van der Waals surface area contributed by atoms with Crippen LogP contribution in [0, 0.1) is 5.82 Å². The van der Waals surface area contributed by atoms with Gasteiger partial charge in [-0.05, 0) is 56.2 Å². The van der Waals surface area contributed by atoms with E-state index in [9.17, 15) is 9.18 Å². The Hall–Kier alpha value is -2.88. The summed E-state index contributed by atoms with van der Waals surface area (Å²) in [6.45, 7) is 0.713. The standard InChI is InChI=1S/C25H25Cl2FN6O2/c26-15-5-6-17(29)22(23(15)28)13-9-14-4-7-19(34(14)20(35)10-13)25-30-11-18(31-25)24-16(27)12-33(32-24)21-3-1-2-8-36-21/h5-6,10-12,14,19,21H,1-4,7-9,29H2,(H,30,31)/t14-,19?,21?/m1/s1. The summed E-state index contributed by atoms with van der Waals surface area (Å²) in [5.41, 5.74) is 8.37. The molecule has 0 radical (unpaired) electrons. The van der Waals surface area contributed by atoms with E-state index < -0.39 is 5.82 Å². The molecule has 3 aromatic rings. The van der Waals surface area contributed by atoms with Crippen molar-refractivity contribution in [2.24, 2.45) is 0 Å². The summed E-state index contributed by atoms with van der Waals surface area (Å²) in [6, 6.07) is 2.68. The Morgan fingerprint density at radius 3 is 2.83 bits per heavy atom. The third kappa shape index (κ3) is 3.99. The lowest BCUT2D eigenvalue weighted by molar-refractivity contribution is -0.129. The van der Waals surface area contributed by atoms with Crippen LogP contribution in [0.4, 0.5) is 10.1 Å². The smallest absolute Gasteiger partial charge is 0.247 e. The van der Waals surface area contributed by atoms with Gasteiger partial charge >= 0.3 is 0 Å². The van der Waals surface area contributed by atoms with Gasteiger partial charge in [0.05, 0.1) is 28.0 Å². The Labute approximate surface area is 217 Å². The topological polar surface area (TPSA) is 102 Å². The Kier molecular flexibility index (Phi) is 6.02. The van der Waals surface area contributed by atoms with E-state index in [0.29, 0.717) is 40.8 Å². The van der Waals surface area contributed by atoms with Crippen molar-refractivity contribution in [3.05, 3.63) is 57.9 Å². The maximum absolute atomic E-state index is 14.8. The van der Waals surface area contributed by atoms with Crippen molar-refractivity contribution in [2.75, 3.05) is 12.3 Å². The van der Waals surface area contributed by atoms with Gasteiger partial charge in [-0.2, -0.15) is 5.10 Å². The second kappa shape index (κ2) is 9.21. The Balaban J connectivity index is 1.25. The van der Waals surface area contributed by atoms with Gasteiger partial charge < -0.3 is 20.4 Å². The first kappa shape index (κ1) is 23.5. The van der Waals surface area contributed by atoms with Crippen LogP contribution < -0.4 is 5.73 Å². The average molecular weight is 531 g/mol. The van der Waals surface area contributed by atoms with Crippen molar-refractivity contribution < 1.29 is 13.9 Å². The second-order valence-electron chi connectivity index (χ2n) is 9.50. The van der Waals surface area contributed by atoms with Crippen LogP contribution in [0.5, 0.6) is 0 Å². The number of nitrogens with zero attached hydrogens (tertiary/aromatic N) is 4. The molecule has 6 rings (SSSR count). The number of amides is 1. The number of nitrogens with one attached hydrogen (secondary N) is 1.